The average molecular weight is 482 g/mol. The topological polar surface area (TPSA) is 41.9 Å². The van der Waals surface area contributed by atoms with Crippen molar-refractivity contribution in [2.24, 2.45) is 11.3 Å². The Morgan fingerprint density at radius 1 is 0.914 bits per heavy atom. The predicted molar refractivity (Wildman–Crippen MR) is 145 cm³/mol. The van der Waals surface area contributed by atoms with E-state index < -0.39 is 6.29 Å². The maximum Gasteiger partial charge on any atom is 0.155 e. The smallest absolute Gasteiger partial charge is 0.155 e. The second-order valence-electron chi connectivity index (χ2n) is 12.0. The Morgan fingerprint density at radius 2 is 1.60 bits per heavy atom. The van der Waals surface area contributed by atoms with Crippen molar-refractivity contribution in [1.29, 1.82) is 0 Å². The number of aliphatic hydroxyl groups is 1. The molecule has 1 atom stereocenters. The van der Waals surface area contributed by atoms with Gasteiger partial charge in [-0.1, -0.05) is 58.2 Å². The SMILES string of the molecule is COC(O)CCN(Cc1ccc2cc(OC3CCC(C(C)(C)C)CC3)ccc2c1)C1CCCCC1. The van der Waals surface area contributed by atoms with Gasteiger partial charge in [0.05, 0.1) is 6.10 Å². The van der Waals surface area contributed by atoms with Crippen LogP contribution >= 0.6 is 0 Å². The Kier molecular flexibility index (Phi) is 9.13. The lowest BCUT2D eigenvalue weighted by Gasteiger charge is -2.37. The van der Waals surface area contributed by atoms with Crippen molar-refractivity contribution in [2.45, 2.75) is 110 Å². The molecule has 4 nitrogen and oxygen atoms in total. The van der Waals surface area contributed by atoms with Gasteiger partial charge >= 0.3 is 0 Å². The van der Waals surface area contributed by atoms with Crippen molar-refractivity contribution >= 4 is 10.8 Å². The number of methoxy groups -OCH3 is 1. The molecular formula is C31H47NO3. The lowest BCUT2D eigenvalue weighted by molar-refractivity contribution is -0.0844. The summed E-state index contributed by atoms with van der Waals surface area (Å²) >= 11 is 0. The van der Waals surface area contributed by atoms with Gasteiger partial charge in [0, 0.05) is 32.7 Å². The average Bonchev–Trinajstić information content (AvgIpc) is 2.86. The highest BCUT2D eigenvalue weighted by molar-refractivity contribution is 5.84. The molecule has 0 amide bonds. The summed E-state index contributed by atoms with van der Waals surface area (Å²) in [5.74, 6) is 1.81. The second kappa shape index (κ2) is 12.1. The summed E-state index contributed by atoms with van der Waals surface area (Å²) < 4.78 is 11.5. The van der Waals surface area contributed by atoms with Crippen LogP contribution in [0.15, 0.2) is 36.4 Å². The fraction of sp³-hybridized carbons (Fsp3) is 0.677. The van der Waals surface area contributed by atoms with Gasteiger partial charge in [-0.2, -0.15) is 0 Å². The molecule has 0 heterocycles. The van der Waals surface area contributed by atoms with Crippen molar-refractivity contribution in [2.75, 3.05) is 13.7 Å². The van der Waals surface area contributed by atoms with Gasteiger partial charge in [-0.15, -0.1) is 0 Å². The van der Waals surface area contributed by atoms with E-state index in [0.717, 1.165) is 37.6 Å². The first-order valence-electron chi connectivity index (χ1n) is 14.0. The van der Waals surface area contributed by atoms with Gasteiger partial charge in [-0.05, 0) is 84.4 Å². The number of rotatable bonds is 9. The molecule has 0 aromatic heterocycles. The minimum atomic E-state index is -0.681. The number of fused-ring (bicyclic) bond motifs is 1. The molecule has 4 rings (SSSR count). The fourth-order valence-corrected chi connectivity index (χ4v) is 6.15. The largest absolute Gasteiger partial charge is 0.490 e. The van der Waals surface area contributed by atoms with Crippen LogP contribution in [0.1, 0.15) is 90.5 Å². The van der Waals surface area contributed by atoms with Crippen molar-refractivity contribution in [3.63, 3.8) is 0 Å². The van der Waals surface area contributed by atoms with E-state index >= 15 is 0 Å². The van der Waals surface area contributed by atoms with Crippen molar-refractivity contribution in [3.8, 4) is 5.75 Å². The third kappa shape index (κ3) is 7.44. The van der Waals surface area contributed by atoms with Crippen molar-refractivity contribution in [3.05, 3.63) is 42.0 Å². The first-order valence-corrected chi connectivity index (χ1v) is 14.0. The van der Waals surface area contributed by atoms with Crippen LogP contribution in [0, 0.1) is 11.3 Å². The van der Waals surface area contributed by atoms with E-state index in [9.17, 15) is 5.11 Å². The van der Waals surface area contributed by atoms with Crippen LogP contribution in [0.25, 0.3) is 10.8 Å². The fourth-order valence-electron chi connectivity index (χ4n) is 6.15. The summed E-state index contributed by atoms with van der Waals surface area (Å²) in [6, 6.07) is 14.0. The third-order valence-corrected chi connectivity index (χ3v) is 8.49. The van der Waals surface area contributed by atoms with Crippen LogP contribution in [0.4, 0.5) is 0 Å². The van der Waals surface area contributed by atoms with E-state index in [1.807, 2.05) is 0 Å². The highest BCUT2D eigenvalue weighted by Crippen LogP contribution is 2.39. The first-order chi connectivity index (χ1) is 16.8. The molecule has 2 aliphatic rings. The molecule has 194 valence electrons. The second-order valence-corrected chi connectivity index (χ2v) is 12.0. The molecule has 2 aromatic rings. The molecular weight excluding hydrogens is 434 g/mol. The monoisotopic (exact) mass is 481 g/mol. The van der Waals surface area contributed by atoms with Crippen molar-refractivity contribution < 1.29 is 14.6 Å². The number of aliphatic hydroxyl groups excluding tert-OH is 1. The van der Waals surface area contributed by atoms with Crippen LogP contribution in [-0.4, -0.2) is 42.1 Å². The zero-order valence-electron chi connectivity index (χ0n) is 22.5. The Bertz CT molecular complexity index is 922. The number of hydrogen-bond acceptors (Lipinski definition) is 4. The highest BCUT2D eigenvalue weighted by atomic mass is 16.6. The molecule has 35 heavy (non-hydrogen) atoms. The maximum atomic E-state index is 9.94. The molecule has 0 bridgehead atoms. The van der Waals surface area contributed by atoms with Crippen LogP contribution < -0.4 is 4.74 Å². The Balaban J connectivity index is 1.39. The van der Waals surface area contributed by atoms with Crippen molar-refractivity contribution in [1.82, 2.24) is 4.90 Å². The van der Waals surface area contributed by atoms with E-state index in [0.29, 0.717) is 24.0 Å². The molecule has 2 fully saturated rings. The molecule has 0 aliphatic heterocycles. The van der Waals surface area contributed by atoms with E-state index in [2.05, 4.69) is 62.1 Å². The van der Waals surface area contributed by atoms with Crippen LogP contribution in [-0.2, 0) is 11.3 Å². The van der Waals surface area contributed by atoms with Crippen LogP contribution in [0.5, 0.6) is 5.75 Å². The van der Waals surface area contributed by atoms with E-state index in [4.69, 9.17) is 9.47 Å². The van der Waals surface area contributed by atoms with Gasteiger partial charge in [0.1, 0.15) is 5.75 Å². The molecule has 2 aromatic carbocycles. The summed E-state index contributed by atoms with van der Waals surface area (Å²) in [5.41, 5.74) is 1.74. The Hall–Kier alpha value is -1.62. The minimum absolute atomic E-state index is 0.344. The maximum absolute atomic E-state index is 9.94. The number of ether oxygens (including phenoxy) is 2. The normalized spacial score (nSPS) is 23.0. The number of nitrogens with zero attached hydrogens (tertiary/aromatic N) is 1. The minimum Gasteiger partial charge on any atom is -0.490 e. The molecule has 2 saturated carbocycles. The Morgan fingerprint density at radius 3 is 2.29 bits per heavy atom. The summed E-state index contributed by atoms with van der Waals surface area (Å²) in [6.07, 6.45) is 11.7. The molecule has 0 saturated heterocycles. The Labute approximate surface area is 213 Å². The molecule has 1 unspecified atom stereocenters. The summed E-state index contributed by atoms with van der Waals surface area (Å²) in [5, 5.41) is 12.5. The highest BCUT2D eigenvalue weighted by Gasteiger charge is 2.30. The molecule has 0 radical (unpaired) electrons. The van der Waals surface area contributed by atoms with Gasteiger partial charge < -0.3 is 14.6 Å². The summed E-state index contributed by atoms with van der Waals surface area (Å²) in [6.45, 7) is 8.89. The lowest BCUT2D eigenvalue weighted by Crippen LogP contribution is -2.38. The molecule has 0 spiro atoms. The third-order valence-electron chi connectivity index (χ3n) is 8.49. The lowest BCUT2D eigenvalue weighted by atomic mass is 9.72. The van der Waals surface area contributed by atoms with E-state index in [1.165, 1.54) is 61.3 Å². The standard InChI is InChI=1S/C31H47NO3/c1-31(2,3)26-13-16-28(17-14-26)35-29-15-12-24-20-23(10-11-25(24)21-29)22-32(19-18-30(33)34-4)27-8-6-5-7-9-27/h10-12,15,20-21,26-28,30,33H,5-9,13-14,16-19,22H2,1-4H3. The first kappa shape index (κ1) is 26.4. The molecule has 2 aliphatic carbocycles. The van der Waals surface area contributed by atoms with Gasteiger partial charge in [0.2, 0.25) is 0 Å². The zero-order chi connectivity index (χ0) is 24.8. The van der Waals surface area contributed by atoms with E-state index in [1.54, 1.807) is 7.11 Å². The van der Waals surface area contributed by atoms with Gasteiger partial charge in [-0.25, -0.2) is 0 Å². The number of hydrogen-bond donors (Lipinski definition) is 1. The summed E-state index contributed by atoms with van der Waals surface area (Å²) in [7, 11) is 1.58. The zero-order valence-corrected chi connectivity index (χ0v) is 22.5. The summed E-state index contributed by atoms with van der Waals surface area (Å²) in [4.78, 5) is 2.56. The predicted octanol–water partition coefficient (Wildman–Crippen LogP) is 7.31. The van der Waals surface area contributed by atoms with Gasteiger partial charge in [0.15, 0.2) is 6.29 Å². The van der Waals surface area contributed by atoms with Gasteiger partial charge in [-0.3, -0.25) is 4.90 Å². The van der Waals surface area contributed by atoms with Crippen LogP contribution in [0.3, 0.4) is 0 Å². The quantitative estimate of drug-likeness (QED) is 0.381. The molecule has 1 N–H and O–H groups in total. The van der Waals surface area contributed by atoms with Crippen LogP contribution in [0.2, 0.25) is 0 Å². The molecule has 4 heteroatoms. The number of benzene rings is 2. The van der Waals surface area contributed by atoms with Gasteiger partial charge in [0.25, 0.3) is 0 Å². The van der Waals surface area contributed by atoms with E-state index in [-0.39, 0.29) is 0 Å².